The monoisotopic (exact) mass is 373 g/mol. The zero-order valence-corrected chi connectivity index (χ0v) is 15.6. The fraction of sp³-hybridized carbons (Fsp3) is 0.143. The van der Waals surface area contributed by atoms with Gasteiger partial charge in [0.15, 0.2) is 0 Å². The number of nitrogens with one attached hydrogen (secondary N) is 2. The summed E-state index contributed by atoms with van der Waals surface area (Å²) in [6.45, 7) is 4.14. The van der Waals surface area contributed by atoms with Gasteiger partial charge in [0.1, 0.15) is 5.69 Å². The van der Waals surface area contributed by atoms with Gasteiger partial charge in [-0.1, -0.05) is 12.1 Å². The minimum Gasteiger partial charge on any atom is -0.322 e. The van der Waals surface area contributed by atoms with Gasteiger partial charge < -0.3 is 9.88 Å². The maximum absolute atomic E-state index is 12.7. The lowest BCUT2D eigenvalue weighted by Gasteiger charge is -2.11. The molecule has 140 valence electrons. The highest BCUT2D eigenvalue weighted by Gasteiger charge is 2.12. The molecule has 0 aliphatic heterocycles. The number of hydrogen-bond donors (Lipinski definition) is 2. The summed E-state index contributed by atoms with van der Waals surface area (Å²) < 4.78 is 1.66. The molecule has 0 fully saturated rings. The molecule has 0 radical (unpaired) electrons. The molecule has 7 heteroatoms. The number of amides is 1. The first kappa shape index (κ1) is 17.7. The lowest BCUT2D eigenvalue weighted by atomic mass is 10.1. The average Bonchev–Trinajstić information content (AvgIpc) is 3.24. The summed E-state index contributed by atoms with van der Waals surface area (Å²) in [5.41, 5.74) is 4.61. The Hall–Kier alpha value is -3.74. The molecule has 0 aliphatic carbocycles. The zero-order valence-electron chi connectivity index (χ0n) is 15.6. The van der Waals surface area contributed by atoms with Crippen LogP contribution in [0.4, 0.5) is 5.69 Å². The van der Waals surface area contributed by atoms with E-state index in [0.29, 0.717) is 29.0 Å². The summed E-state index contributed by atoms with van der Waals surface area (Å²) in [4.78, 5) is 29.3. The molecule has 2 aromatic heterocycles. The van der Waals surface area contributed by atoms with Crippen molar-refractivity contribution in [2.24, 2.45) is 0 Å². The van der Waals surface area contributed by atoms with Crippen LogP contribution in [0.25, 0.3) is 22.3 Å². The van der Waals surface area contributed by atoms with E-state index in [1.807, 2.05) is 37.3 Å². The van der Waals surface area contributed by atoms with Crippen LogP contribution in [0.15, 0.2) is 59.5 Å². The average molecular weight is 373 g/mol. The molecule has 0 unspecified atom stereocenters. The van der Waals surface area contributed by atoms with E-state index in [4.69, 9.17) is 0 Å². The van der Waals surface area contributed by atoms with E-state index >= 15 is 0 Å². The topological polar surface area (TPSA) is 92.7 Å². The van der Waals surface area contributed by atoms with Gasteiger partial charge in [-0.2, -0.15) is 5.10 Å². The van der Waals surface area contributed by atoms with Crippen LogP contribution in [0.2, 0.25) is 0 Å². The maximum atomic E-state index is 12.7. The summed E-state index contributed by atoms with van der Waals surface area (Å²) in [5, 5.41) is 9.77. The van der Waals surface area contributed by atoms with Crippen molar-refractivity contribution in [3.8, 4) is 11.3 Å². The Morgan fingerprint density at radius 3 is 2.79 bits per heavy atom. The van der Waals surface area contributed by atoms with Crippen LogP contribution in [0.1, 0.15) is 23.0 Å². The van der Waals surface area contributed by atoms with Crippen molar-refractivity contribution in [3.05, 3.63) is 76.3 Å². The van der Waals surface area contributed by atoms with Gasteiger partial charge in [-0.05, 0) is 50.2 Å². The number of fused-ring (bicyclic) bond motifs is 1. The van der Waals surface area contributed by atoms with Crippen molar-refractivity contribution in [2.75, 3.05) is 5.32 Å². The van der Waals surface area contributed by atoms with Gasteiger partial charge in [-0.15, -0.1) is 0 Å². The van der Waals surface area contributed by atoms with Gasteiger partial charge >= 0.3 is 0 Å². The van der Waals surface area contributed by atoms with Gasteiger partial charge in [0.05, 0.1) is 16.7 Å². The normalized spacial score (nSPS) is 10.9. The molecule has 2 aromatic carbocycles. The Labute approximate surface area is 161 Å². The Morgan fingerprint density at radius 1 is 1.18 bits per heavy atom. The van der Waals surface area contributed by atoms with Crippen LogP contribution in [0.3, 0.4) is 0 Å². The smallest absolute Gasteiger partial charge is 0.272 e. The number of aromatic nitrogens is 4. The number of nitrogens with zero attached hydrogens (tertiary/aromatic N) is 3. The van der Waals surface area contributed by atoms with Crippen LogP contribution >= 0.6 is 0 Å². The van der Waals surface area contributed by atoms with Crippen LogP contribution in [-0.4, -0.2) is 25.7 Å². The molecule has 4 rings (SSSR count). The van der Waals surface area contributed by atoms with Crippen molar-refractivity contribution in [2.45, 2.75) is 20.4 Å². The summed E-state index contributed by atoms with van der Waals surface area (Å²) in [5.74, 6) is -0.239. The molecule has 1 amide bonds. The van der Waals surface area contributed by atoms with Gasteiger partial charge in [0, 0.05) is 29.6 Å². The quantitative estimate of drug-likeness (QED) is 0.574. The number of benzene rings is 2. The van der Waals surface area contributed by atoms with Crippen molar-refractivity contribution < 1.29 is 4.79 Å². The Bertz CT molecular complexity index is 1230. The third-order valence-electron chi connectivity index (χ3n) is 4.62. The van der Waals surface area contributed by atoms with Crippen molar-refractivity contribution >= 4 is 22.6 Å². The summed E-state index contributed by atoms with van der Waals surface area (Å²) in [7, 11) is 0. The lowest BCUT2D eigenvalue weighted by molar-refractivity contribution is 0.102. The predicted octanol–water partition coefficient (Wildman–Crippen LogP) is 3.37. The molecular formula is C21H19N5O2. The SMILES string of the molecule is CCn1c(=O)c(C)nc2cc(C(=O)Nc3cccc(-c4ccn[nH]4)c3)ccc21. The van der Waals surface area contributed by atoms with Crippen molar-refractivity contribution in [1.29, 1.82) is 0 Å². The molecule has 2 N–H and O–H groups in total. The number of rotatable bonds is 4. The highest BCUT2D eigenvalue weighted by molar-refractivity contribution is 6.06. The predicted molar refractivity (Wildman–Crippen MR) is 108 cm³/mol. The Kier molecular flexibility index (Phi) is 4.49. The Balaban J connectivity index is 1.65. The van der Waals surface area contributed by atoms with Gasteiger partial charge in [-0.3, -0.25) is 14.7 Å². The molecule has 0 bridgehead atoms. The first-order chi connectivity index (χ1) is 13.6. The van der Waals surface area contributed by atoms with E-state index in [9.17, 15) is 9.59 Å². The largest absolute Gasteiger partial charge is 0.322 e. The number of carbonyl (C=O) groups is 1. The summed E-state index contributed by atoms with van der Waals surface area (Å²) in [6, 6.07) is 14.6. The second kappa shape index (κ2) is 7.11. The number of anilines is 1. The van der Waals surface area contributed by atoms with Crippen LogP contribution < -0.4 is 10.9 Å². The third-order valence-corrected chi connectivity index (χ3v) is 4.62. The lowest BCUT2D eigenvalue weighted by Crippen LogP contribution is -2.23. The number of H-pyrrole nitrogens is 1. The van der Waals surface area contributed by atoms with Gasteiger partial charge in [-0.25, -0.2) is 4.98 Å². The molecule has 28 heavy (non-hydrogen) atoms. The number of hydrogen-bond acceptors (Lipinski definition) is 4. The fourth-order valence-electron chi connectivity index (χ4n) is 3.21. The van der Waals surface area contributed by atoms with Crippen molar-refractivity contribution in [1.82, 2.24) is 19.7 Å². The second-order valence-electron chi connectivity index (χ2n) is 6.46. The van der Waals surface area contributed by atoms with Gasteiger partial charge in [0.25, 0.3) is 11.5 Å². The molecule has 0 saturated carbocycles. The number of carbonyl (C=O) groups excluding carboxylic acids is 1. The van der Waals surface area contributed by atoms with Crippen LogP contribution in [-0.2, 0) is 6.54 Å². The highest BCUT2D eigenvalue weighted by atomic mass is 16.1. The van der Waals surface area contributed by atoms with Gasteiger partial charge in [0.2, 0.25) is 0 Å². The molecule has 0 aliphatic rings. The summed E-state index contributed by atoms with van der Waals surface area (Å²) in [6.07, 6.45) is 1.68. The fourth-order valence-corrected chi connectivity index (χ4v) is 3.21. The molecule has 4 aromatic rings. The minimum absolute atomic E-state index is 0.108. The van der Waals surface area contributed by atoms with E-state index in [1.54, 1.807) is 35.9 Å². The Morgan fingerprint density at radius 2 is 2.04 bits per heavy atom. The summed E-state index contributed by atoms with van der Waals surface area (Å²) >= 11 is 0. The maximum Gasteiger partial charge on any atom is 0.272 e. The molecule has 0 atom stereocenters. The van der Waals surface area contributed by atoms with Crippen LogP contribution in [0, 0.1) is 6.92 Å². The van der Waals surface area contributed by atoms with Crippen molar-refractivity contribution in [3.63, 3.8) is 0 Å². The molecule has 2 heterocycles. The number of aryl methyl sites for hydroxylation is 2. The van der Waals surface area contributed by atoms with E-state index < -0.39 is 0 Å². The molecule has 7 nitrogen and oxygen atoms in total. The molecule has 0 spiro atoms. The number of aromatic amines is 1. The van der Waals surface area contributed by atoms with E-state index in [0.717, 1.165) is 16.8 Å². The molecular weight excluding hydrogens is 354 g/mol. The standard InChI is InChI=1S/C21H19N5O2/c1-3-26-19-8-7-15(12-18(19)23-13(2)21(26)28)20(27)24-16-6-4-5-14(11-16)17-9-10-22-25-17/h4-12H,3H2,1-2H3,(H,22,25)(H,24,27). The first-order valence-corrected chi connectivity index (χ1v) is 8.99. The van der Waals surface area contributed by atoms with E-state index in [-0.39, 0.29) is 11.5 Å². The zero-order chi connectivity index (χ0) is 19.7. The first-order valence-electron chi connectivity index (χ1n) is 8.99. The third kappa shape index (κ3) is 3.18. The highest BCUT2D eigenvalue weighted by Crippen LogP contribution is 2.21. The minimum atomic E-state index is -0.239. The van der Waals surface area contributed by atoms with E-state index in [1.165, 1.54) is 0 Å². The van der Waals surface area contributed by atoms with Crippen LogP contribution in [0.5, 0.6) is 0 Å². The second-order valence-corrected chi connectivity index (χ2v) is 6.46. The van der Waals surface area contributed by atoms with E-state index in [2.05, 4.69) is 20.5 Å². The molecule has 0 saturated heterocycles.